The summed E-state index contributed by atoms with van der Waals surface area (Å²) < 4.78 is 0.838. The largest absolute Gasteiger partial charge is 0.335 e. The molecular formula is C18H18BrN3O3S. The molecule has 0 saturated carbocycles. The van der Waals surface area contributed by atoms with Crippen LogP contribution in [0.15, 0.2) is 40.2 Å². The van der Waals surface area contributed by atoms with E-state index >= 15 is 0 Å². The van der Waals surface area contributed by atoms with Crippen molar-refractivity contribution in [3.63, 3.8) is 0 Å². The zero-order chi connectivity index (χ0) is 18.7. The van der Waals surface area contributed by atoms with Crippen molar-refractivity contribution >= 4 is 45.0 Å². The van der Waals surface area contributed by atoms with Crippen molar-refractivity contribution in [1.29, 1.82) is 0 Å². The molecule has 3 amide bonds. The van der Waals surface area contributed by atoms with Crippen LogP contribution < -0.4 is 10.9 Å². The average molecular weight is 436 g/mol. The van der Waals surface area contributed by atoms with E-state index in [0.29, 0.717) is 11.4 Å². The van der Waals surface area contributed by atoms with Crippen LogP contribution in [0.3, 0.4) is 0 Å². The topological polar surface area (TPSA) is 78.5 Å². The maximum atomic E-state index is 12.4. The lowest BCUT2D eigenvalue weighted by atomic mass is 9.90. The molecule has 1 atom stereocenters. The number of nitrogens with zero attached hydrogens (tertiary/aromatic N) is 1. The van der Waals surface area contributed by atoms with Gasteiger partial charge < -0.3 is 4.90 Å². The third-order valence-electron chi connectivity index (χ3n) is 4.31. The van der Waals surface area contributed by atoms with Gasteiger partial charge in [-0.05, 0) is 45.6 Å². The second-order valence-electron chi connectivity index (χ2n) is 5.99. The van der Waals surface area contributed by atoms with Gasteiger partial charge in [0.1, 0.15) is 0 Å². The van der Waals surface area contributed by atoms with Crippen LogP contribution in [-0.4, -0.2) is 29.2 Å². The number of fused-ring (bicyclic) bond motifs is 1. The number of carbonyl (C=O) groups is 3. The van der Waals surface area contributed by atoms with Gasteiger partial charge in [-0.2, -0.15) is 0 Å². The van der Waals surface area contributed by atoms with Gasteiger partial charge in [-0.1, -0.05) is 24.3 Å². The van der Waals surface area contributed by atoms with Crippen LogP contribution in [0.4, 0.5) is 0 Å². The summed E-state index contributed by atoms with van der Waals surface area (Å²) in [4.78, 5) is 38.6. The zero-order valence-corrected chi connectivity index (χ0v) is 16.5. The van der Waals surface area contributed by atoms with Gasteiger partial charge in [-0.25, -0.2) is 0 Å². The Balaban J connectivity index is 1.66. The van der Waals surface area contributed by atoms with E-state index in [-0.39, 0.29) is 30.2 Å². The first kappa shape index (κ1) is 18.6. The van der Waals surface area contributed by atoms with Crippen LogP contribution in [-0.2, 0) is 16.0 Å². The molecule has 26 heavy (non-hydrogen) atoms. The SMILES string of the molecule is CC(=O)N1CCc2ccccc2C1CC(=O)NNC(=O)c1ccc(Br)s1. The number of benzene rings is 1. The standard InChI is InChI=1S/C18H18BrN3O3S/c1-11(23)22-9-8-12-4-2-3-5-13(12)14(22)10-17(24)20-21-18(25)15-6-7-16(19)26-15/h2-7,14H,8-10H2,1H3,(H,20,24)(H,21,25). The number of hydrogen-bond acceptors (Lipinski definition) is 4. The minimum atomic E-state index is -0.374. The molecule has 1 aliphatic rings. The van der Waals surface area contributed by atoms with Gasteiger partial charge in [-0.3, -0.25) is 25.2 Å². The van der Waals surface area contributed by atoms with Gasteiger partial charge >= 0.3 is 0 Å². The first-order valence-electron chi connectivity index (χ1n) is 8.15. The minimum absolute atomic E-state index is 0.0650. The van der Waals surface area contributed by atoms with E-state index in [9.17, 15) is 14.4 Å². The molecule has 136 valence electrons. The lowest BCUT2D eigenvalue weighted by Gasteiger charge is -2.36. The van der Waals surface area contributed by atoms with Crippen molar-refractivity contribution in [2.75, 3.05) is 6.54 Å². The van der Waals surface area contributed by atoms with Crippen molar-refractivity contribution < 1.29 is 14.4 Å². The van der Waals surface area contributed by atoms with E-state index in [1.165, 1.54) is 18.3 Å². The number of amides is 3. The van der Waals surface area contributed by atoms with E-state index in [4.69, 9.17) is 0 Å². The molecular weight excluding hydrogens is 418 g/mol. The first-order chi connectivity index (χ1) is 12.5. The fourth-order valence-corrected chi connectivity index (χ4v) is 4.38. The molecule has 1 aromatic carbocycles. The highest BCUT2D eigenvalue weighted by atomic mass is 79.9. The summed E-state index contributed by atoms with van der Waals surface area (Å²) >= 11 is 4.57. The fourth-order valence-electron chi connectivity index (χ4n) is 3.10. The van der Waals surface area contributed by atoms with Gasteiger partial charge in [0.05, 0.1) is 21.1 Å². The van der Waals surface area contributed by atoms with Crippen LogP contribution in [0.1, 0.15) is 40.2 Å². The Kier molecular flexibility index (Phi) is 5.73. The van der Waals surface area contributed by atoms with Gasteiger partial charge in [0.2, 0.25) is 11.8 Å². The van der Waals surface area contributed by atoms with Crippen LogP contribution in [0.25, 0.3) is 0 Å². The Bertz CT molecular complexity index is 852. The molecule has 0 saturated heterocycles. The average Bonchev–Trinajstić information content (AvgIpc) is 3.06. The Morgan fingerprint density at radius 2 is 1.96 bits per heavy atom. The molecule has 1 aliphatic heterocycles. The number of hydrogen-bond donors (Lipinski definition) is 2. The molecule has 2 N–H and O–H groups in total. The maximum absolute atomic E-state index is 12.4. The summed E-state index contributed by atoms with van der Waals surface area (Å²) in [7, 11) is 0. The third kappa shape index (κ3) is 4.13. The van der Waals surface area contributed by atoms with Crippen LogP contribution >= 0.6 is 27.3 Å². The Morgan fingerprint density at radius 3 is 2.65 bits per heavy atom. The molecule has 1 unspecified atom stereocenters. The van der Waals surface area contributed by atoms with Crippen molar-refractivity contribution in [2.45, 2.75) is 25.8 Å². The minimum Gasteiger partial charge on any atom is -0.335 e. The van der Waals surface area contributed by atoms with E-state index in [2.05, 4.69) is 26.8 Å². The van der Waals surface area contributed by atoms with Gasteiger partial charge in [0, 0.05) is 13.5 Å². The van der Waals surface area contributed by atoms with E-state index in [1.54, 1.807) is 17.0 Å². The molecule has 0 fully saturated rings. The lowest BCUT2D eigenvalue weighted by molar-refractivity contribution is -0.133. The summed E-state index contributed by atoms with van der Waals surface area (Å²) in [5.41, 5.74) is 6.99. The second-order valence-corrected chi connectivity index (χ2v) is 8.45. The normalized spacial score (nSPS) is 15.9. The van der Waals surface area contributed by atoms with Crippen molar-refractivity contribution in [2.24, 2.45) is 0 Å². The number of hydrazine groups is 1. The molecule has 0 aliphatic carbocycles. The lowest BCUT2D eigenvalue weighted by Crippen LogP contribution is -2.45. The van der Waals surface area contributed by atoms with E-state index in [0.717, 1.165) is 21.3 Å². The molecule has 0 radical (unpaired) electrons. The zero-order valence-electron chi connectivity index (χ0n) is 14.1. The smallest absolute Gasteiger partial charge is 0.279 e. The summed E-state index contributed by atoms with van der Waals surface area (Å²) in [6.07, 6.45) is 0.864. The Hall–Kier alpha value is -2.19. The Morgan fingerprint density at radius 1 is 1.19 bits per heavy atom. The summed E-state index contributed by atoms with van der Waals surface area (Å²) in [6, 6.07) is 10.9. The van der Waals surface area contributed by atoms with Crippen LogP contribution in [0.2, 0.25) is 0 Å². The second kappa shape index (κ2) is 8.01. The van der Waals surface area contributed by atoms with E-state index < -0.39 is 0 Å². The first-order valence-corrected chi connectivity index (χ1v) is 9.76. The number of nitrogens with one attached hydrogen (secondary N) is 2. The fraction of sp³-hybridized carbons (Fsp3) is 0.278. The van der Waals surface area contributed by atoms with Crippen LogP contribution in [0.5, 0.6) is 0 Å². The quantitative estimate of drug-likeness (QED) is 0.727. The van der Waals surface area contributed by atoms with Crippen molar-refractivity contribution in [3.05, 3.63) is 56.2 Å². The Labute approximate surface area is 163 Å². The molecule has 0 bridgehead atoms. The van der Waals surface area contributed by atoms with Crippen molar-refractivity contribution in [1.82, 2.24) is 15.8 Å². The monoisotopic (exact) mass is 435 g/mol. The summed E-state index contributed by atoms with van der Waals surface area (Å²) in [6.45, 7) is 2.09. The van der Waals surface area contributed by atoms with E-state index in [1.807, 2.05) is 24.3 Å². The highest BCUT2D eigenvalue weighted by molar-refractivity contribution is 9.11. The highest BCUT2D eigenvalue weighted by Crippen LogP contribution is 2.32. The molecule has 8 heteroatoms. The van der Waals surface area contributed by atoms with Gasteiger partial charge in [0.25, 0.3) is 5.91 Å². The third-order valence-corrected chi connectivity index (χ3v) is 5.93. The summed E-state index contributed by atoms with van der Waals surface area (Å²) in [5, 5.41) is 0. The maximum Gasteiger partial charge on any atom is 0.279 e. The molecule has 6 nitrogen and oxygen atoms in total. The predicted octanol–water partition coefficient (Wildman–Crippen LogP) is 2.81. The highest BCUT2D eigenvalue weighted by Gasteiger charge is 2.30. The number of halogens is 1. The molecule has 2 heterocycles. The molecule has 2 aromatic rings. The number of thiophene rings is 1. The van der Waals surface area contributed by atoms with Gasteiger partial charge in [-0.15, -0.1) is 11.3 Å². The van der Waals surface area contributed by atoms with Crippen molar-refractivity contribution in [3.8, 4) is 0 Å². The molecule has 1 aromatic heterocycles. The number of rotatable bonds is 3. The number of carbonyl (C=O) groups excluding carboxylic acids is 3. The van der Waals surface area contributed by atoms with Crippen LogP contribution in [0, 0.1) is 0 Å². The van der Waals surface area contributed by atoms with Gasteiger partial charge in [0.15, 0.2) is 0 Å². The summed E-state index contributed by atoms with van der Waals surface area (Å²) in [5.74, 6) is -0.784. The predicted molar refractivity (Wildman–Crippen MR) is 103 cm³/mol. The molecule has 3 rings (SSSR count). The molecule has 0 spiro atoms.